The van der Waals surface area contributed by atoms with Crippen LogP contribution in [0.5, 0.6) is 0 Å². The molecule has 0 amide bonds. The minimum atomic E-state index is -3.87. The van der Waals surface area contributed by atoms with Gasteiger partial charge in [0.1, 0.15) is 5.82 Å². The first-order valence-corrected chi connectivity index (χ1v) is 7.68. The third kappa shape index (κ3) is 3.15. The van der Waals surface area contributed by atoms with Crippen LogP contribution in [0.2, 0.25) is 0 Å². The highest BCUT2D eigenvalue weighted by Crippen LogP contribution is 2.21. The number of anilines is 1. The molecule has 0 fully saturated rings. The molecule has 20 heavy (non-hydrogen) atoms. The van der Waals surface area contributed by atoms with E-state index in [0.29, 0.717) is 0 Å². The van der Waals surface area contributed by atoms with Crippen LogP contribution in [-0.2, 0) is 10.0 Å². The Balaban J connectivity index is 2.34. The second kappa shape index (κ2) is 5.61. The van der Waals surface area contributed by atoms with Crippen molar-refractivity contribution in [2.24, 2.45) is 0 Å². The van der Waals surface area contributed by atoms with Crippen LogP contribution < -0.4 is 4.72 Å². The summed E-state index contributed by atoms with van der Waals surface area (Å²) in [6.45, 7) is 0. The summed E-state index contributed by atoms with van der Waals surface area (Å²) in [5, 5.41) is 8.63. The molecule has 0 aliphatic rings. The van der Waals surface area contributed by atoms with Gasteiger partial charge in [0.25, 0.3) is 10.0 Å². The fourth-order valence-electron chi connectivity index (χ4n) is 1.48. The third-order valence-electron chi connectivity index (χ3n) is 2.47. The van der Waals surface area contributed by atoms with Crippen LogP contribution in [0.3, 0.4) is 0 Å². The SMILES string of the molecule is N#Cc1ccc(NS(=O)(=O)c2ccc(Br)cc2)c(F)c1. The fourth-order valence-corrected chi connectivity index (χ4v) is 2.82. The van der Waals surface area contributed by atoms with Gasteiger partial charge in [-0.3, -0.25) is 4.72 Å². The van der Waals surface area contributed by atoms with Crippen molar-refractivity contribution in [3.05, 3.63) is 58.3 Å². The summed E-state index contributed by atoms with van der Waals surface area (Å²) in [5.74, 6) is -0.801. The maximum atomic E-state index is 13.7. The highest BCUT2D eigenvalue weighted by atomic mass is 79.9. The first-order valence-electron chi connectivity index (χ1n) is 5.40. The van der Waals surface area contributed by atoms with Gasteiger partial charge in [0.15, 0.2) is 0 Å². The number of hydrogen-bond donors (Lipinski definition) is 1. The summed E-state index contributed by atoms with van der Waals surface area (Å²) in [6, 6.07) is 11.2. The van der Waals surface area contributed by atoms with E-state index >= 15 is 0 Å². The molecule has 0 aromatic heterocycles. The average Bonchev–Trinajstić information content (AvgIpc) is 2.41. The van der Waals surface area contributed by atoms with Crippen LogP contribution in [-0.4, -0.2) is 8.42 Å². The lowest BCUT2D eigenvalue weighted by Gasteiger charge is -2.09. The van der Waals surface area contributed by atoms with Crippen LogP contribution in [0.15, 0.2) is 51.8 Å². The molecular formula is C13H8BrFN2O2S. The molecule has 7 heteroatoms. The van der Waals surface area contributed by atoms with Gasteiger partial charge in [-0.05, 0) is 42.5 Å². The number of hydrogen-bond acceptors (Lipinski definition) is 3. The average molecular weight is 355 g/mol. The lowest BCUT2D eigenvalue weighted by molar-refractivity contribution is 0.598. The molecular weight excluding hydrogens is 347 g/mol. The van der Waals surface area contributed by atoms with Crippen LogP contribution in [0, 0.1) is 17.1 Å². The van der Waals surface area contributed by atoms with E-state index in [1.54, 1.807) is 18.2 Å². The maximum absolute atomic E-state index is 13.7. The summed E-state index contributed by atoms with van der Waals surface area (Å²) in [6.07, 6.45) is 0. The highest BCUT2D eigenvalue weighted by Gasteiger charge is 2.16. The van der Waals surface area contributed by atoms with Crippen molar-refractivity contribution in [2.75, 3.05) is 4.72 Å². The van der Waals surface area contributed by atoms with Gasteiger partial charge >= 0.3 is 0 Å². The normalized spacial score (nSPS) is 10.8. The van der Waals surface area contributed by atoms with E-state index in [9.17, 15) is 12.8 Å². The molecule has 0 spiro atoms. The van der Waals surface area contributed by atoms with Gasteiger partial charge in [0.2, 0.25) is 0 Å². The van der Waals surface area contributed by atoms with Crippen LogP contribution in [0.4, 0.5) is 10.1 Å². The predicted molar refractivity (Wildman–Crippen MR) is 76.1 cm³/mol. The van der Waals surface area contributed by atoms with Gasteiger partial charge in [0, 0.05) is 4.47 Å². The minimum Gasteiger partial charge on any atom is -0.277 e. The van der Waals surface area contributed by atoms with E-state index in [-0.39, 0.29) is 16.1 Å². The molecule has 2 rings (SSSR count). The second-order valence-electron chi connectivity index (χ2n) is 3.87. The quantitative estimate of drug-likeness (QED) is 0.919. The highest BCUT2D eigenvalue weighted by molar-refractivity contribution is 9.10. The largest absolute Gasteiger partial charge is 0.277 e. The predicted octanol–water partition coefficient (Wildman–Crippen LogP) is 3.26. The van der Waals surface area contributed by atoms with Crippen molar-refractivity contribution >= 4 is 31.6 Å². The molecule has 0 aliphatic heterocycles. The summed E-state index contributed by atoms with van der Waals surface area (Å²) < 4.78 is 40.7. The molecule has 0 unspecified atom stereocenters. The van der Waals surface area contributed by atoms with Gasteiger partial charge < -0.3 is 0 Å². The lowest BCUT2D eigenvalue weighted by atomic mass is 10.2. The van der Waals surface area contributed by atoms with E-state index in [0.717, 1.165) is 10.5 Å². The Bertz CT molecular complexity index is 783. The maximum Gasteiger partial charge on any atom is 0.261 e. The molecule has 0 saturated carbocycles. The smallest absolute Gasteiger partial charge is 0.261 e. The molecule has 1 N–H and O–H groups in total. The number of nitriles is 1. The molecule has 4 nitrogen and oxygen atoms in total. The van der Waals surface area contributed by atoms with Gasteiger partial charge in [0.05, 0.1) is 22.2 Å². The van der Waals surface area contributed by atoms with Crippen LogP contribution >= 0.6 is 15.9 Å². The summed E-state index contributed by atoms with van der Waals surface area (Å²) >= 11 is 3.20. The van der Waals surface area contributed by atoms with E-state index in [1.807, 2.05) is 0 Å². The number of sulfonamides is 1. The van der Waals surface area contributed by atoms with Crippen LogP contribution in [0.25, 0.3) is 0 Å². The Kier molecular flexibility index (Phi) is 4.06. The van der Waals surface area contributed by atoms with Crippen molar-refractivity contribution in [3.8, 4) is 6.07 Å². The number of halogens is 2. The number of nitrogens with one attached hydrogen (secondary N) is 1. The van der Waals surface area contributed by atoms with Gasteiger partial charge in [-0.25, -0.2) is 12.8 Å². The second-order valence-corrected chi connectivity index (χ2v) is 6.46. The van der Waals surface area contributed by atoms with Crippen molar-refractivity contribution in [1.29, 1.82) is 5.26 Å². The Morgan fingerprint density at radius 1 is 1.15 bits per heavy atom. The molecule has 2 aromatic rings. The van der Waals surface area contributed by atoms with Gasteiger partial charge in [-0.2, -0.15) is 5.26 Å². The van der Waals surface area contributed by atoms with Crippen LogP contribution in [0.1, 0.15) is 5.56 Å². The molecule has 0 bridgehead atoms. The molecule has 2 aromatic carbocycles. The molecule has 0 aliphatic carbocycles. The molecule has 0 heterocycles. The molecule has 0 saturated heterocycles. The first-order chi connectivity index (χ1) is 9.42. The Morgan fingerprint density at radius 3 is 2.35 bits per heavy atom. The first kappa shape index (κ1) is 14.5. The van der Waals surface area contributed by atoms with Crippen molar-refractivity contribution in [1.82, 2.24) is 0 Å². The van der Waals surface area contributed by atoms with Gasteiger partial charge in [-0.1, -0.05) is 15.9 Å². The summed E-state index contributed by atoms with van der Waals surface area (Å²) in [4.78, 5) is 0.0180. The fraction of sp³-hybridized carbons (Fsp3) is 0. The number of benzene rings is 2. The molecule has 102 valence electrons. The molecule has 0 radical (unpaired) electrons. The van der Waals surface area contributed by atoms with Crippen molar-refractivity contribution in [3.63, 3.8) is 0 Å². The molecule has 0 atom stereocenters. The van der Waals surface area contributed by atoms with E-state index in [2.05, 4.69) is 20.7 Å². The van der Waals surface area contributed by atoms with E-state index in [1.165, 1.54) is 24.3 Å². The zero-order valence-corrected chi connectivity index (χ0v) is 12.4. The number of nitrogens with zero attached hydrogens (tertiary/aromatic N) is 1. The van der Waals surface area contributed by atoms with E-state index in [4.69, 9.17) is 5.26 Å². The van der Waals surface area contributed by atoms with E-state index < -0.39 is 15.8 Å². The summed E-state index contributed by atoms with van der Waals surface area (Å²) in [5.41, 5.74) is -0.0824. The zero-order chi connectivity index (χ0) is 14.8. The van der Waals surface area contributed by atoms with Crippen molar-refractivity contribution < 1.29 is 12.8 Å². The minimum absolute atomic E-state index is 0.0180. The summed E-state index contributed by atoms with van der Waals surface area (Å²) in [7, 11) is -3.87. The Hall–Kier alpha value is -1.91. The van der Waals surface area contributed by atoms with Crippen molar-refractivity contribution in [2.45, 2.75) is 4.90 Å². The topological polar surface area (TPSA) is 70.0 Å². The standard InChI is InChI=1S/C13H8BrFN2O2S/c14-10-2-4-11(5-3-10)20(18,19)17-13-6-1-9(8-16)7-12(13)15/h1-7,17H. The lowest BCUT2D eigenvalue weighted by Crippen LogP contribution is -2.13. The van der Waals surface area contributed by atoms with Gasteiger partial charge in [-0.15, -0.1) is 0 Å². The Labute approximate surface area is 124 Å². The third-order valence-corrected chi connectivity index (χ3v) is 4.38. The zero-order valence-electron chi connectivity index (χ0n) is 9.97. The number of rotatable bonds is 3. The Morgan fingerprint density at radius 2 is 1.80 bits per heavy atom. The monoisotopic (exact) mass is 354 g/mol.